The molecule has 0 aromatic rings. The summed E-state index contributed by atoms with van der Waals surface area (Å²) >= 11 is 0. The van der Waals surface area contributed by atoms with E-state index in [9.17, 15) is 0 Å². The number of hydrogen-bond acceptors (Lipinski definition) is 1. The van der Waals surface area contributed by atoms with Gasteiger partial charge in [-0.25, -0.2) is 0 Å². The van der Waals surface area contributed by atoms with Crippen LogP contribution in [0.4, 0.5) is 0 Å². The van der Waals surface area contributed by atoms with Gasteiger partial charge in [0.1, 0.15) is 0 Å². The summed E-state index contributed by atoms with van der Waals surface area (Å²) in [6.45, 7) is 4.65. The first-order chi connectivity index (χ1) is 6.25. The summed E-state index contributed by atoms with van der Waals surface area (Å²) in [5.41, 5.74) is 2.21. The lowest BCUT2D eigenvalue weighted by Gasteiger charge is -2.35. The van der Waals surface area contributed by atoms with Crippen LogP contribution in [0.2, 0.25) is 0 Å². The molecule has 3 rings (SSSR count). The fraction of sp³-hybridized carbons (Fsp3) is 0.833. The zero-order valence-electron chi connectivity index (χ0n) is 8.55. The Morgan fingerprint density at radius 2 is 2.31 bits per heavy atom. The van der Waals surface area contributed by atoms with E-state index in [1.165, 1.54) is 25.7 Å². The van der Waals surface area contributed by atoms with Crippen molar-refractivity contribution in [2.75, 3.05) is 0 Å². The summed E-state index contributed by atoms with van der Waals surface area (Å²) < 4.78 is 5.72. The van der Waals surface area contributed by atoms with E-state index >= 15 is 0 Å². The Kier molecular flexibility index (Phi) is 1.48. The average Bonchev–Trinajstić information content (AvgIpc) is 2.82. The van der Waals surface area contributed by atoms with Crippen LogP contribution >= 0.6 is 0 Å². The third kappa shape index (κ3) is 0.914. The molecule has 1 heterocycles. The summed E-state index contributed by atoms with van der Waals surface area (Å²) in [4.78, 5) is 0. The largest absolute Gasteiger partial charge is 0.369 e. The first-order valence-corrected chi connectivity index (χ1v) is 5.57. The van der Waals surface area contributed by atoms with Crippen molar-refractivity contribution < 1.29 is 4.74 Å². The summed E-state index contributed by atoms with van der Waals surface area (Å²) in [7, 11) is 0. The van der Waals surface area contributed by atoms with Gasteiger partial charge in [0.15, 0.2) is 0 Å². The number of allylic oxidation sites excluding steroid dienone is 2. The molecule has 3 aliphatic rings. The maximum absolute atomic E-state index is 5.72. The molecule has 13 heavy (non-hydrogen) atoms. The van der Waals surface area contributed by atoms with Gasteiger partial charge in [-0.3, -0.25) is 0 Å². The fourth-order valence-corrected chi connectivity index (χ4v) is 3.68. The number of rotatable bonds is 0. The second-order valence-electron chi connectivity index (χ2n) is 5.05. The molecule has 1 aliphatic heterocycles. The highest BCUT2D eigenvalue weighted by Gasteiger charge is 2.58. The maximum atomic E-state index is 5.72. The highest BCUT2D eigenvalue weighted by Crippen LogP contribution is 2.60. The molecule has 1 saturated heterocycles. The minimum Gasteiger partial charge on any atom is -0.369 e. The van der Waals surface area contributed by atoms with Crippen molar-refractivity contribution in [1.82, 2.24) is 0 Å². The highest BCUT2D eigenvalue weighted by molar-refractivity contribution is 5.24. The third-order valence-electron chi connectivity index (χ3n) is 4.59. The SMILES string of the molecule is CC=C1CC[C@H]2[C@H]3O[C@H]3CC[C@]12C. The van der Waals surface area contributed by atoms with Crippen LogP contribution in [-0.4, -0.2) is 12.2 Å². The molecule has 2 saturated carbocycles. The maximum Gasteiger partial charge on any atom is 0.0878 e. The standard InChI is InChI=1S/C12H18O/c1-3-8-4-5-9-11-10(13-11)6-7-12(8,9)2/h3,9-11H,4-7H2,1-2H3/t9-,10-,11+,12+/m0/s1. The van der Waals surface area contributed by atoms with Gasteiger partial charge in [-0.05, 0) is 43.9 Å². The van der Waals surface area contributed by atoms with Crippen molar-refractivity contribution >= 4 is 0 Å². The van der Waals surface area contributed by atoms with Gasteiger partial charge in [0.05, 0.1) is 12.2 Å². The molecule has 0 unspecified atom stereocenters. The van der Waals surface area contributed by atoms with Crippen molar-refractivity contribution in [2.24, 2.45) is 11.3 Å². The van der Waals surface area contributed by atoms with Crippen molar-refractivity contribution in [2.45, 2.75) is 51.7 Å². The van der Waals surface area contributed by atoms with Gasteiger partial charge in [-0.2, -0.15) is 0 Å². The van der Waals surface area contributed by atoms with E-state index in [1.807, 2.05) is 0 Å². The zero-order chi connectivity index (χ0) is 9.05. The van der Waals surface area contributed by atoms with Crippen LogP contribution in [-0.2, 0) is 4.74 Å². The molecule has 0 aromatic carbocycles. The van der Waals surface area contributed by atoms with Crippen molar-refractivity contribution in [3.63, 3.8) is 0 Å². The van der Waals surface area contributed by atoms with E-state index < -0.39 is 0 Å². The lowest BCUT2D eigenvalue weighted by atomic mass is 9.68. The van der Waals surface area contributed by atoms with Gasteiger partial charge >= 0.3 is 0 Å². The lowest BCUT2D eigenvalue weighted by Crippen LogP contribution is -2.32. The van der Waals surface area contributed by atoms with E-state index in [4.69, 9.17) is 4.74 Å². The average molecular weight is 178 g/mol. The van der Waals surface area contributed by atoms with Gasteiger partial charge in [0.2, 0.25) is 0 Å². The first kappa shape index (κ1) is 8.05. The van der Waals surface area contributed by atoms with E-state index in [1.54, 1.807) is 5.57 Å². The van der Waals surface area contributed by atoms with E-state index in [-0.39, 0.29) is 0 Å². The molecule has 0 amide bonds. The van der Waals surface area contributed by atoms with Crippen LogP contribution in [0.15, 0.2) is 11.6 Å². The Morgan fingerprint density at radius 1 is 1.46 bits per heavy atom. The fourth-order valence-electron chi connectivity index (χ4n) is 3.68. The Morgan fingerprint density at radius 3 is 3.08 bits per heavy atom. The zero-order valence-corrected chi connectivity index (χ0v) is 8.55. The number of epoxide rings is 1. The van der Waals surface area contributed by atoms with Crippen molar-refractivity contribution in [1.29, 1.82) is 0 Å². The van der Waals surface area contributed by atoms with Crippen LogP contribution in [0.25, 0.3) is 0 Å². The van der Waals surface area contributed by atoms with Crippen LogP contribution in [0.3, 0.4) is 0 Å². The van der Waals surface area contributed by atoms with Gasteiger partial charge in [0, 0.05) is 0 Å². The Bertz CT molecular complexity index is 268. The molecule has 0 spiro atoms. The monoisotopic (exact) mass is 178 g/mol. The molecule has 2 aliphatic carbocycles. The van der Waals surface area contributed by atoms with Crippen molar-refractivity contribution in [3.8, 4) is 0 Å². The minimum absolute atomic E-state index is 0.506. The predicted octanol–water partition coefficient (Wildman–Crippen LogP) is 2.91. The first-order valence-electron chi connectivity index (χ1n) is 5.57. The number of fused-ring (bicyclic) bond motifs is 3. The molecular weight excluding hydrogens is 160 g/mol. The normalized spacial score (nSPS) is 56.2. The molecule has 3 fully saturated rings. The molecule has 0 radical (unpaired) electrons. The van der Waals surface area contributed by atoms with Gasteiger partial charge in [-0.15, -0.1) is 0 Å². The molecule has 72 valence electrons. The summed E-state index contributed by atoms with van der Waals surface area (Å²) in [6, 6.07) is 0. The topological polar surface area (TPSA) is 12.5 Å². The number of hydrogen-bond donors (Lipinski definition) is 0. The van der Waals surface area contributed by atoms with Crippen LogP contribution in [0, 0.1) is 11.3 Å². The van der Waals surface area contributed by atoms with Gasteiger partial charge in [-0.1, -0.05) is 18.6 Å². The third-order valence-corrected chi connectivity index (χ3v) is 4.59. The van der Waals surface area contributed by atoms with Crippen LogP contribution in [0.1, 0.15) is 39.5 Å². The summed E-state index contributed by atoms with van der Waals surface area (Å²) in [5.74, 6) is 0.845. The Labute approximate surface area is 80.2 Å². The van der Waals surface area contributed by atoms with E-state index in [2.05, 4.69) is 19.9 Å². The molecular formula is C12H18O. The smallest absolute Gasteiger partial charge is 0.0878 e. The van der Waals surface area contributed by atoms with Gasteiger partial charge in [0.25, 0.3) is 0 Å². The Balaban J connectivity index is 1.96. The predicted molar refractivity (Wildman–Crippen MR) is 52.5 cm³/mol. The van der Waals surface area contributed by atoms with Crippen molar-refractivity contribution in [3.05, 3.63) is 11.6 Å². The quantitative estimate of drug-likeness (QED) is 0.410. The summed E-state index contributed by atoms with van der Waals surface area (Å²) in [5, 5.41) is 0. The van der Waals surface area contributed by atoms with Crippen LogP contribution < -0.4 is 0 Å². The van der Waals surface area contributed by atoms with Gasteiger partial charge < -0.3 is 4.74 Å². The molecule has 0 bridgehead atoms. The van der Waals surface area contributed by atoms with Crippen LogP contribution in [0.5, 0.6) is 0 Å². The molecule has 0 N–H and O–H groups in total. The summed E-state index contributed by atoms with van der Waals surface area (Å²) in [6.07, 6.45) is 8.99. The van der Waals surface area contributed by atoms with E-state index in [0.717, 1.165) is 5.92 Å². The number of ether oxygens (including phenoxy) is 1. The van der Waals surface area contributed by atoms with E-state index in [0.29, 0.717) is 17.6 Å². The molecule has 1 heteroatoms. The second kappa shape index (κ2) is 2.38. The lowest BCUT2D eigenvalue weighted by molar-refractivity contribution is 0.200. The highest BCUT2D eigenvalue weighted by atomic mass is 16.6. The molecule has 4 atom stereocenters. The minimum atomic E-state index is 0.506. The second-order valence-corrected chi connectivity index (χ2v) is 5.05. The molecule has 0 aromatic heterocycles. The Hall–Kier alpha value is -0.300. The molecule has 1 nitrogen and oxygen atoms in total.